The molecule has 1 aromatic carbocycles. The van der Waals surface area contributed by atoms with Crippen LogP contribution in [0.25, 0.3) is 0 Å². The standard InChI is InChI=1S/C14H20ClFN2O2S/c1-3-9(2)18-21(19,20)12-6-10(8-17-11-4-5-11)14(15)13(16)7-12/h6-7,9,11,17-18H,3-5,8H2,1-2H3. The molecule has 0 aromatic heterocycles. The SMILES string of the molecule is CCC(C)NS(=O)(=O)c1cc(F)c(Cl)c(CNC2CC2)c1. The van der Waals surface area contributed by atoms with Crippen molar-refractivity contribution >= 4 is 21.6 Å². The summed E-state index contributed by atoms with van der Waals surface area (Å²) in [4.78, 5) is -0.0858. The summed E-state index contributed by atoms with van der Waals surface area (Å²) in [5.41, 5.74) is 0.466. The number of nitrogens with one attached hydrogen (secondary N) is 2. The molecule has 1 atom stereocenters. The molecule has 21 heavy (non-hydrogen) atoms. The molecule has 0 radical (unpaired) electrons. The fourth-order valence-electron chi connectivity index (χ4n) is 1.86. The van der Waals surface area contributed by atoms with Crippen molar-refractivity contribution in [2.75, 3.05) is 0 Å². The zero-order valence-corrected chi connectivity index (χ0v) is 13.7. The Morgan fingerprint density at radius 1 is 1.43 bits per heavy atom. The highest BCUT2D eigenvalue weighted by molar-refractivity contribution is 7.89. The van der Waals surface area contributed by atoms with Gasteiger partial charge in [0.05, 0.1) is 9.92 Å². The van der Waals surface area contributed by atoms with Crippen molar-refractivity contribution in [2.45, 2.75) is 56.6 Å². The molecule has 0 aliphatic heterocycles. The van der Waals surface area contributed by atoms with E-state index in [4.69, 9.17) is 11.6 Å². The second-order valence-electron chi connectivity index (χ2n) is 5.46. The quantitative estimate of drug-likeness (QED) is 0.806. The van der Waals surface area contributed by atoms with Gasteiger partial charge in [-0.15, -0.1) is 0 Å². The third-order valence-electron chi connectivity index (χ3n) is 3.51. The van der Waals surface area contributed by atoms with Gasteiger partial charge in [-0.1, -0.05) is 18.5 Å². The number of sulfonamides is 1. The highest BCUT2D eigenvalue weighted by atomic mass is 35.5. The van der Waals surface area contributed by atoms with Crippen molar-refractivity contribution in [3.05, 3.63) is 28.5 Å². The zero-order valence-electron chi connectivity index (χ0n) is 12.1. The van der Waals surface area contributed by atoms with Crippen LogP contribution in [0.2, 0.25) is 5.02 Å². The molecule has 1 aromatic rings. The van der Waals surface area contributed by atoms with Crippen LogP contribution in [0.4, 0.5) is 4.39 Å². The van der Waals surface area contributed by atoms with Gasteiger partial charge in [-0.3, -0.25) is 0 Å². The molecular formula is C14H20ClFN2O2S. The Labute approximate surface area is 130 Å². The Morgan fingerprint density at radius 3 is 2.67 bits per heavy atom. The lowest BCUT2D eigenvalue weighted by Crippen LogP contribution is -2.32. The molecule has 0 heterocycles. The van der Waals surface area contributed by atoms with Gasteiger partial charge in [0, 0.05) is 18.6 Å². The van der Waals surface area contributed by atoms with E-state index in [1.807, 2.05) is 6.92 Å². The van der Waals surface area contributed by atoms with E-state index in [9.17, 15) is 12.8 Å². The van der Waals surface area contributed by atoms with Crippen molar-refractivity contribution in [3.63, 3.8) is 0 Å². The minimum Gasteiger partial charge on any atom is -0.310 e. The van der Waals surface area contributed by atoms with Gasteiger partial charge in [0.15, 0.2) is 0 Å². The topological polar surface area (TPSA) is 58.2 Å². The molecule has 118 valence electrons. The predicted octanol–water partition coefficient (Wildman–Crippen LogP) is 2.81. The first kappa shape index (κ1) is 16.7. The van der Waals surface area contributed by atoms with Crippen LogP contribution >= 0.6 is 11.6 Å². The maximum atomic E-state index is 13.9. The number of benzene rings is 1. The molecule has 1 saturated carbocycles. The van der Waals surface area contributed by atoms with Crippen LogP contribution in [0, 0.1) is 5.82 Å². The van der Waals surface area contributed by atoms with Crippen LogP contribution < -0.4 is 10.0 Å². The molecule has 0 saturated heterocycles. The van der Waals surface area contributed by atoms with Crippen LogP contribution in [0.5, 0.6) is 0 Å². The van der Waals surface area contributed by atoms with Crippen LogP contribution in [0.3, 0.4) is 0 Å². The van der Waals surface area contributed by atoms with Crippen molar-refractivity contribution in [2.24, 2.45) is 0 Å². The van der Waals surface area contributed by atoms with Gasteiger partial charge in [0.25, 0.3) is 0 Å². The Balaban J connectivity index is 2.26. The fourth-order valence-corrected chi connectivity index (χ4v) is 3.42. The third-order valence-corrected chi connectivity index (χ3v) is 5.51. The summed E-state index contributed by atoms with van der Waals surface area (Å²) in [7, 11) is -3.73. The van der Waals surface area contributed by atoms with Gasteiger partial charge >= 0.3 is 0 Å². The highest BCUT2D eigenvalue weighted by Crippen LogP contribution is 2.26. The lowest BCUT2D eigenvalue weighted by molar-refractivity contribution is 0.553. The van der Waals surface area contributed by atoms with E-state index in [0.29, 0.717) is 24.6 Å². The average molecular weight is 335 g/mol. The minimum atomic E-state index is -3.73. The smallest absolute Gasteiger partial charge is 0.240 e. The molecular weight excluding hydrogens is 315 g/mol. The largest absolute Gasteiger partial charge is 0.310 e. The van der Waals surface area contributed by atoms with Crippen LogP contribution in [0.1, 0.15) is 38.7 Å². The lowest BCUT2D eigenvalue weighted by atomic mass is 10.2. The van der Waals surface area contributed by atoms with E-state index in [1.165, 1.54) is 6.07 Å². The maximum absolute atomic E-state index is 13.9. The number of hydrogen-bond donors (Lipinski definition) is 2. The van der Waals surface area contributed by atoms with E-state index in [0.717, 1.165) is 18.9 Å². The number of hydrogen-bond acceptors (Lipinski definition) is 3. The summed E-state index contributed by atoms with van der Waals surface area (Å²) >= 11 is 5.92. The second kappa shape index (κ2) is 6.60. The summed E-state index contributed by atoms with van der Waals surface area (Å²) in [6.45, 7) is 4.01. The molecule has 4 nitrogen and oxygen atoms in total. The summed E-state index contributed by atoms with van der Waals surface area (Å²) in [5, 5.41) is 3.18. The number of rotatable bonds is 7. The molecule has 0 bridgehead atoms. The first-order chi connectivity index (χ1) is 9.83. The Morgan fingerprint density at radius 2 is 2.10 bits per heavy atom. The molecule has 0 amide bonds. The van der Waals surface area contributed by atoms with Gasteiger partial charge < -0.3 is 5.32 Å². The first-order valence-corrected chi connectivity index (χ1v) is 8.93. The van der Waals surface area contributed by atoms with Gasteiger partial charge in [-0.2, -0.15) is 0 Å². The van der Waals surface area contributed by atoms with Gasteiger partial charge in [-0.25, -0.2) is 17.5 Å². The maximum Gasteiger partial charge on any atom is 0.240 e. The predicted molar refractivity (Wildman–Crippen MR) is 81.3 cm³/mol. The Hall–Kier alpha value is -0.690. The summed E-state index contributed by atoms with van der Waals surface area (Å²) < 4.78 is 40.8. The monoisotopic (exact) mass is 334 g/mol. The van der Waals surface area contributed by atoms with Gasteiger partial charge in [0.2, 0.25) is 10.0 Å². The van der Waals surface area contributed by atoms with E-state index in [2.05, 4.69) is 10.0 Å². The highest BCUT2D eigenvalue weighted by Gasteiger charge is 2.23. The van der Waals surface area contributed by atoms with E-state index in [-0.39, 0.29) is 16.0 Å². The molecule has 2 N–H and O–H groups in total. The fraction of sp³-hybridized carbons (Fsp3) is 0.571. The van der Waals surface area contributed by atoms with E-state index in [1.54, 1.807) is 6.92 Å². The van der Waals surface area contributed by atoms with Crippen molar-refractivity contribution in [1.29, 1.82) is 0 Å². The van der Waals surface area contributed by atoms with Crippen LogP contribution in [-0.4, -0.2) is 20.5 Å². The lowest BCUT2D eigenvalue weighted by Gasteiger charge is -2.14. The average Bonchev–Trinajstić information content (AvgIpc) is 3.23. The molecule has 2 rings (SSSR count). The molecule has 7 heteroatoms. The van der Waals surface area contributed by atoms with E-state index >= 15 is 0 Å². The van der Waals surface area contributed by atoms with Crippen molar-refractivity contribution in [1.82, 2.24) is 10.0 Å². The van der Waals surface area contributed by atoms with Crippen LogP contribution in [0.15, 0.2) is 17.0 Å². The molecule has 1 aliphatic rings. The molecule has 1 aliphatic carbocycles. The van der Waals surface area contributed by atoms with E-state index < -0.39 is 15.8 Å². The van der Waals surface area contributed by atoms with Gasteiger partial charge in [0.1, 0.15) is 5.82 Å². The van der Waals surface area contributed by atoms with Crippen molar-refractivity contribution < 1.29 is 12.8 Å². The minimum absolute atomic E-state index is 0.0226. The summed E-state index contributed by atoms with van der Waals surface area (Å²) in [5.74, 6) is -0.712. The zero-order chi connectivity index (χ0) is 15.6. The second-order valence-corrected chi connectivity index (χ2v) is 7.56. The normalized spacial score (nSPS) is 17.0. The summed E-state index contributed by atoms with van der Waals surface area (Å²) in [6, 6.07) is 2.63. The molecule has 1 fully saturated rings. The number of halogens is 2. The Kier molecular flexibility index (Phi) is 5.24. The first-order valence-electron chi connectivity index (χ1n) is 7.07. The van der Waals surface area contributed by atoms with Gasteiger partial charge in [-0.05, 0) is 43.9 Å². The van der Waals surface area contributed by atoms with Crippen molar-refractivity contribution in [3.8, 4) is 0 Å². The molecule has 1 unspecified atom stereocenters. The molecule has 0 spiro atoms. The Bertz CT molecular complexity index is 618. The van der Waals surface area contributed by atoms with Crippen LogP contribution in [-0.2, 0) is 16.6 Å². The summed E-state index contributed by atoms with van der Waals surface area (Å²) in [6.07, 6.45) is 2.84. The third kappa shape index (κ3) is 4.39.